The zero-order chi connectivity index (χ0) is 19.0. The number of nitrogens with two attached hydrogens (primary N) is 1. The molecule has 1 aliphatic heterocycles. The van der Waals surface area contributed by atoms with Crippen LogP contribution >= 0.6 is 24.0 Å². The van der Waals surface area contributed by atoms with E-state index in [1.807, 2.05) is 24.3 Å². The van der Waals surface area contributed by atoms with Crippen molar-refractivity contribution in [2.45, 2.75) is 13.0 Å². The van der Waals surface area contributed by atoms with Crippen LogP contribution in [0.3, 0.4) is 0 Å². The minimum Gasteiger partial charge on any atom is -0.355 e. The fraction of sp³-hybridized carbons (Fsp3) is 0.200. The normalized spacial score (nSPS) is 12.4. The van der Waals surface area contributed by atoms with Crippen molar-refractivity contribution in [3.8, 4) is 11.3 Å². The molecule has 0 saturated heterocycles. The van der Waals surface area contributed by atoms with Crippen molar-refractivity contribution in [1.82, 2.24) is 15.6 Å². The Morgan fingerprint density at radius 2 is 2.04 bits per heavy atom. The predicted octanol–water partition coefficient (Wildman–Crippen LogP) is 3.23. The summed E-state index contributed by atoms with van der Waals surface area (Å²) in [5, 5.41) is 7.16. The van der Waals surface area contributed by atoms with Gasteiger partial charge in [0.25, 0.3) is 11.8 Å². The number of hydrogen-bond acceptors (Lipinski definition) is 3. The van der Waals surface area contributed by atoms with E-state index in [9.17, 15) is 9.59 Å². The topological polar surface area (TPSA) is 100 Å². The molecule has 0 aliphatic carbocycles. The van der Waals surface area contributed by atoms with E-state index < -0.39 is 0 Å². The van der Waals surface area contributed by atoms with E-state index in [-0.39, 0.29) is 24.2 Å². The van der Waals surface area contributed by atoms with Gasteiger partial charge in [0.1, 0.15) is 0 Å². The predicted molar refractivity (Wildman–Crippen MR) is 113 cm³/mol. The van der Waals surface area contributed by atoms with Crippen LogP contribution < -0.4 is 16.4 Å². The number of carbonyl (C=O) groups excluding carboxylic acids is 2. The number of aromatic nitrogens is 1. The van der Waals surface area contributed by atoms with Crippen molar-refractivity contribution in [1.29, 1.82) is 0 Å². The second kappa shape index (κ2) is 8.22. The number of halogens is 2. The molecule has 0 radical (unpaired) electrons. The highest BCUT2D eigenvalue weighted by molar-refractivity contribution is 6.32. The summed E-state index contributed by atoms with van der Waals surface area (Å²) >= 11 is 6.23. The Balaban J connectivity index is 0.00000225. The highest BCUT2D eigenvalue weighted by Crippen LogP contribution is 2.34. The van der Waals surface area contributed by atoms with Gasteiger partial charge in [-0.3, -0.25) is 9.59 Å². The van der Waals surface area contributed by atoms with Crippen LogP contribution in [0.4, 0.5) is 0 Å². The zero-order valence-corrected chi connectivity index (χ0v) is 16.5. The summed E-state index contributed by atoms with van der Waals surface area (Å²) in [5.41, 5.74) is 9.97. The standard InChI is InChI=1S/C20H19ClN4O2.ClH/c21-15-4-3-13(18-14(15)10-24-20(18)27)17-9-12-8-11(2-5-16(12)25-17)19(26)23-7-1-6-22;/h2-5,8-9,25H,1,6-7,10,22H2,(H,23,26)(H,24,27);1H. The van der Waals surface area contributed by atoms with Crippen LogP contribution in [0.2, 0.25) is 5.02 Å². The third-order valence-corrected chi connectivity index (χ3v) is 5.10. The lowest BCUT2D eigenvalue weighted by atomic mass is 10.0. The van der Waals surface area contributed by atoms with E-state index in [1.165, 1.54) is 0 Å². The molecule has 2 aromatic carbocycles. The number of amides is 2. The maximum atomic E-state index is 12.3. The Kier molecular flexibility index (Phi) is 5.93. The number of nitrogens with one attached hydrogen (secondary N) is 3. The summed E-state index contributed by atoms with van der Waals surface area (Å²) < 4.78 is 0. The largest absolute Gasteiger partial charge is 0.355 e. The second-order valence-corrected chi connectivity index (χ2v) is 6.92. The fourth-order valence-corrected chi connectivity index (χ4v) is 3.59. The van der Waals surface area contributed by atoms with Gasteiger partial charge in [-0.2, -0.15) is 0 Å². The number of rotatable bonds is 5. The Labute approximate surface area is 173 Å². The van der Waals surface area contributed by atoms with Gasteiger partial charge in [-0.25, -0.2) is 0 Å². The van der Waals surface area contributed by atoms with Crippen molar-refractivity contribution in [3.05, 3.63) is 58.1 Å². The van der Waals surface area contributed by atoms with E-state index >= 15 is 0 Å². The third kappa shape index (κ3) is 3.58. The lowest BCUT2D eigenvalue weighted by Crippen LogP contribution is -2.25. The molecule has 28 heavy (non-hydrogen) atoms. The molecule has 2 amide bonds. The van der Waals surface area contributed by atoms with Gasteiger partial charge in [0, 0.05) is 51.4 Å². The molecule has 0 unspecified atom stereocenters. The van der Waals surface area contributed by atoms with Crippen molar-refractivity contribution >= 4 is 46.7 Å². The summed E-state index contributed by atoms with van der Waals surface area (Å²) in [6, 6.07) is 11.1. The summed E-state index contributed by atoms with van der Waals surface area (Å²) in [4.78, 5) is 27.8. The molecular formula is C20H20Cl2N4O2. The number of benzene rings is 2. The van der Waals surface area contributed by atoms with Crippen molar-refractivity contribution in [2.24, 2.45) is 5.73 Å². The van der Waals surface area contributed by atoms with E-state index in [2.05, 4.69) is 15.6 Å². The van der Waals surface area contributed by atoms with Gasteiger partial charge in [0.2, 0.25) is 0 Å². The Bertz CT molecular complexity index is 1060. The van der Waals surface area contributed by atoms with Crippen LogP contribution in [0.25, 0.3) is 22.2 Å². The smallest absolute Gasteiger partial charge is 0.252 e. The van der Waals surface area contributed by atoms with Crippen molar-refractivity contribution in [3.63, 3.8) is 0 Å². The van der Waals surface area contributed by atoms with Crippen molar-refractivity contribution < 1.29 is 9.59 Å². The lowest BCUT2D eigenvalue weighted by molar-refractivity contribution is 0.0949. The first-order chi connectivity index (χ1) is 13.1. The zero-order valence-electron chi connectivity index (χ0n) is 15.0. The molecule has 1 aromatic heterocycles. The van der Waals surface area contributed by atoms with Gasteiger partial charge in [-0.15, -0.1) is 12.4 Å². The fourth-order valence-electron chi connectivity index (χ4n) is 3.36. The van der Waals surface area contributed by atoms with Crippen LogP contribution in [0.15, 0.2) is 36.4 Å². The second-order valence-electron chi connectivity index (χ2n) is 6.51. The molecule has 6 nitrogen and oxygen atoms in total. The molecule has 0 fully saturated rings. The average molecular weight is 419 g/mol. The summed E-state index contributed by atoms with van der Waals surface area (Å²) in [5.74, 6) is -0.249. The maximum Gasteiger partial charge on any atom is 0.252 e. The van der Waals surface area contributed by atoms with Gasteiger partial charge in [-0.05, 0) is 43.3 Å². The molecule has 1 aliphatic rings. The number of fused-ring (bicyclic) bond motifs is 2. The monoisotopic (exact) mass is 418 g/mol. The lowest BCUT2D eigenvalue weighted by Gasteiger charge is -2.06. The number of hydrogen-bond donors (Lipinski definition) is 4. The van der Waals surface area contributed by atoms with Gasteiger partial charge in [0.15, 0.2) is 0 Å². The molecule has 0 atom stereocenters. The molecule has 4 rings (SSSR count). The molecule has 2 heterocycles. The molecule has 0 bridgehead atoms. The van der Waals surface area contributed by atoms with Crippen LogP contribution in [0.1, 0.15) is 32.7 Å². The van der Waals surface area contributed by atoms with E-state index in [0.717, 1.165) is 34.1 Å². The molecular weight excluding hydrogens is 399 g/mol. The summed E-state index contributed by atoms with van der Waals surface area (Å²) in [7, 11) is 0. The van der Waals surface area contributed by atoms with Crippen molar-refractivity contribution in [2.75, 3.05) is 13.1 Å². The molecule has 3 aromatic rings. The number of aromatic amines is 1. The molecule has 0 saturated carbocycles. The minimum atomic E-state index is -0.125. The minimum absolute atomic E-state index is 0. The Morgan fingerprint density at radius 3 is 2.82 bits per heavy atom. The van der Waals surface area contributed by atoms with Crippen LogP contribution in [0.5, 0.6) is 0 Å². The Morgan fingerprint density at radius 1 is 1.21 bits per heavy atom. The first-order valence-corrected chi connectivity index (χ1v) is 9.17. The number of carbonyl (C=O) groups is 2. The molecule has 8 heteroatoms. The maximum absolute atomic E-state index is 12.3. The van der Waals surface area contributed by atoms with Gasteiger partial charge < -0.3 is 21.4 Å². The van der Waals surface area contributed by atoms with E-state index in [0.29, 0.717) is 35.8 Å². The van der Waals surface area contributed by atoms with E-state index in [4.69, 9.17) is 17.3 Å². The van der Waals surface area contributed by atoms with Crippen LogP contribution in [-0.4, -0.2) is 29.9 Å². The molecule has 146 valence electrons. The van der Waals surface area contributed by atoms with Gasteiger partial charge in [-0.1, -0.05) is 17.7 Å². The SMILES string of the molecule is Cl.NCCCNC(=O)c1ccc2[nH]c(-c3ccc(Cl)c4c3C(=O)NC4)cc2c1. The van der Waals surface area contributed by atoms with Crippen LogP contribution in [0, 0.1) is 0 Å². The highest BCUT2D eigenvalue weighted by Gasteiger charge is 2.26. The quantitative estimate of drug-likeness (QED) is 0.478. The number of H-pyrrole nitrogens is 1. The summed E-state index contributed by atoms with van der Waals surface area (Å²) in [6.07, 6.45) is 0.742. The first kappa shape index (κ1) is 20.2. The van der Waals surface area contributed by atoms with Gasteiger partial charge >= 0.3 is 0 Å². The van der Waals surface area contributed by atoms with E-state index in [1.54, 1.807) is 12.1 Å². The van der Waals surface area contributed by atoms with Gasteiger partial charge in [0.05, 0.1) is 5.56 Å². The van der Waals surface area contributed by atoms with Crippen LogP contribution in [-0.2, 0) is 6.54 Å². The third-order valence-electron chi connectivity index (χ3n) is 4.75. The molecule has 5 N–H and O–H groups in total. The Hall–Kier alpha value is -2.54. The highest BCUT2D eigenvalue weighted by atomic mass is 35.5. The summed E-state index contributed by atoms with van der Waals surface area (Å²) in [6.45, 7) is 1.53. The average Bonchev–Trinajstić information content (AvgIpc) is 3.26. The first-order valence-electron chi connectivity index (χ1n) is 8.79. The molecule has 0 spiro atoms.